The Morgan fingerprint density at radius 1 is 1.43 bits per heavy atom. The second-order valence-electron chi connectivity index (χ2n) is 3.21. The fourth-order valence-electron chi connectivity index (χ4n) is 1.23. The molecule has 0 amide bonds. The third-order valence-corrected chi connectivity index (χ3v) is 2.71. The van der Waals surface area contributed by atoms with Gasteiger partial charge in [-0.2, -0.15) is 8.42 Å². The minimum atomic E-state index is -3.80. The van der Waals surface area contributed by atoms with Crippen LogP contribution in [0.3, 0.4) is 0 Å². The molecule has 1 aliphatic carbocycles. The molecule has 0 fully saturated rings. The predicted octanol–water partition coefficient (Wildman–Crippen LogP) is 1.09. The summed E-state index contributed by atoms with van der Waals surface area (Å²) in [5.41, 5.74) is 1.03. The highest BCUT2D eigenvalue weighted by Crippen LogP contribution is 2.06. The van der Waals surface area contributed by atoms with Crippen LogP contribution in [-0.2, 0) is 10.1 Å². The summed E-state index contributed by atoms with van der Waals surface area (Å²) in [6, 6.07) is 0. The van der Waals surface area contributed by atoms with Gasteiger partial charge in [0, 0.05) is 12.2 Å². The zero-order valence-corrected chi connectivity index (χ0v) is 8.76. The Labute approximate surface area is 84.5 Å². The number of hydrogen-bond acceptors (Lipinski definition) is 3. The molecule has 0 bridgehead atoms. The maximum atomic E-state index is 10.4. The van der Waals surface area contributed by atoms with Gasteiger partial charge in [-0.25, -0.2) is 0 Å². The molecular formula is C9H15NO3S. The molecule has 0 saturated carbocycles. The topological polar surface area (TPSA) is 66.4 Å². The van der Waals surface area contributed by atoms with E-state index in [2.05, 4.69) is 17.5 Å². The van der Waals surface area contributed by atoms with Crippen LogP contribution < -0.4 is 5.32 Å². The fourth-order valence-corrected chi connectivity index (χ4v) is 1.74. The van der Waals surface area contributed by atoms with E-state index in [0.717, 1.165) is 18.5 Å². The van der Waals surface area contributed by atoms with Crippen LogP contribution in [0, 0.1) is 0 Å². The van der Waals surface area contributed by atoms with Crippen molar-refractivity contribution in [1.29, 1.82) is 0 Å². The largest absolute Gasteiger partial charge is 0.385 e. The number of allylic oxidation sites excluding steroid dienone is 3. The maximum Gasteiger partial charge on any atom is 0.264 e. The molecule has 1 aliphatic rings. The van der Waals surface area contributed by atoms with Crippen molar-refractivity contribution < 1.29 is 13.0 Å². The summed E-state index contributed by atoms with van der Waals surface area (Å²) in [7, 11) is -3.80. The average Bonchev–Trinajstić information content (AvgIpc) is 2.13. The fraction of sp³-hybridized carbons (Fsp3) is 0.556. The van der Waals surface area contributed by atoms with E-state index in [4.69, 9.17) is 4.55 Å². The first-order chi connectivity index (χ1) is 6.58. The Morgan fingerprint density at radius 2 is 2.21 bits per heavy atom. The number of hydrogen-bond donors (Lipinski definition) is 2. The number of nitrogens with one attached hydrogen (secondary N) is 1. The van der Waals surface area contributed by atoms with Gasteiger partial charge < -0.3 is 5.32 Å². The molecule has 14 heavy (non-hydrogen) atoms. The van der Waals surface area contributed by atoms with E-state index in [9.17, 15) is 8.42 Å². The molecule has 0 heterocycles. The maximum absolute atomic E-state index is 10.4. The van der Waals surface area contributed by atoms with Gasteiger partial charge in [0.2, 0.25) is 0 Å². The number of rotatable bonds is 5. The predicted molar refractivity (Wildman–Crippen MR) is 55.5 cm³/mol. The quantitative estimate of drug-likeness (QED) is 0.534. The molecule has 2 N–H and O–H groups in total. The van der Waals surface area contributed by atoms with E-state index < -0.39 is 10.1 Å². The first kappa shape index (κ1) is 11.3. The van der Waals surface area contributed by atoms with Crippen molar-refractivity contribution in [2.24, 2.45) is 0 Å². The lowest BCUT2D eigenvalue weighted by molar-refractivity contribution is 0.480. The van der Waals surface area contributed by atoms with Crippen molar-refractivity contribution in [3.8, 4) is 0 Å². The summed E-state index contributed by atoms with van der Waals surface area (Å²) in [6.45, 7) is 0.565. The van der Waals surface area contributed by atoms with Gasteiger partial charge in [0.05, 0.1) is 5.75 Å². The first-order valence-electron chi connectivity index (χ1n) is 4.64. The molecule has 0 aromatic heterocycles. The second kappa shape index (κ2) is 5.17. The smallest absolute Gasteiger partial charge is 0.264 e. The highest BCUT2D eigenvalue weighted by molar-refractivity contribution is 7.85. The summed E-state index contributed by atoms with van der Waals surface area (Å²) < 4.78 is 29.2. The van der Waals surface area contributed by atoms with Gasteiger partial charge in [-0.1, -0.05) is 12.2 Å². The molecule has 4 nitrogen and oxygen atoms in total. The Kier molecular flexibility index (Phi) is 4.16. The highest BCUT2D eigenvalue weighted by atomic mass is 32.2. The molecule has 0 aromatic rings. The molecule has 0 saturated heterocycles. The van der Waals surface area contributed by atoms with Crippen LogP contribution in [0.2, 0.25) is 0 Å². The monoisotopic (exact) mass is 217 g/mol. The Hall–Kier alpha value is -0.810. The molecule has 0 aliphatic heterocycles. The summed E-state index contributed by atoms with van der Waals surface area (Å²) >= 11 is 0. The SMILES string of the molecule is O=S(=O)(O)CCCNC1=CCCC=C1. The van der Waals surface area contributed by atoms with Gasteiger partial charge in [-0.15, -0.1) is 0 Å². The van der Waals surface area contributed by atoms with Crippen LogP contribution in [0.5, 0.6) is 0 Å². The first-order valence-corrected chi connectivity index (χ1v) is 6.24. The lowest BCUT2D eigenvalue weighted by Gasteiger charge is -2.09. The van der Waals surface area contributed by atoms with Crippen LogP contribution in [0.25, 0.3) is 0 Å². The normalized spacial score (nSPS) is 16.5. The van der Waals surface area contributed by atoms with Crippen molar-refractivity contribution in [3.63, 3.8) is 0 Å². The third kappa shape index (κ3) is 5.04. The second-order valence-corrected chi connectivity index (χ2v) is 4.78. The van der Waals surface area contributed by atoms with Crippen molar-refractivity contribution >= 4 is 10.1 Å². The van der Waals surface area contributed by atoms with Crippen LogP contribution >= 0.6 is 0 Å². The van der Waals surface area contributed by atoms with Crippen molar-refractivity contribution in [1.82, 2.24) is 5.32 Å². The van der Waals surface area contributed by atoms with Gasteiger partial charge in [-0.05, 0) is 25.3 Å². The molecule has 0 unspecified atom stereocenters. The van der Waals surface area contributed by atoms with E-state index in [-0.39, 0.29) is 5.75 Å². The average molecular weight is 217 g/mol. The molecule has 0 spiro atoms. The third-order valence-electron chi connectivity index (χ3n) is 1.90. The van der Waals surface area contributed by atoms with Gasteiger partial charge in [0.15, 0.2) is 0 Å². The summed E-state index contributed by atoms with van der Waals surface area (Å²) in [4.78, 5) is 0. The Bertz CT molecular complexity index is 330. The van der Waals surface area contributed by atoms with E-state index in [0.29, 0.717) is 13.0 Å². The van der Waals surface area contributed by atoms with Crippen molar-refractivity contribution in [2.75, 3.05) is 12.3 Å². The van der Waals surface area contributed by atoms with Crippen molar-refractivity contribution in [3.05, 3.63) is 23.9 Å². The van der Waals surface area contributed by atoms with Crippen LogP contribution in [0.4, 0.5) is 0 Å². The highest BCUT2D eigenvalue weighted by Gasteiger charge is 2.03. The molecule has 80 valence electrons. The lowest BCUT2D eigenvalue weighted by atomic mass is 10.1. The standard InChI is InChI=1S/C9H15NO3S/c11-14(12,13)8-4-7-10-9-5-2-1-3-6-9/h2,5-6,10H,1,3-4,7-8H2,(H,11,12,13). The van der Waals surface area contributed by atoms with Gasteiger partial charge in [0.25, 0.3) is 10.1 Å². The van der Waals surface area contributed by atoms with Crippen LogP contribution in [-0.4, -0.2) is 25.3 Å². The summed E-state index contributed by atoms with van der Waals surface area (Å²) in [5, 5.41) is 3.09. The zero-order valence-electron chi connectivity index (χ0n) is 7.94. The summed E-state index contributed by atoms with van der Waals surface area (Å²) in [5.74, 6) is -0.184. The minimum Gasteiger partial charge on any atom is -0.385 e. The van der Waals surface area contributed by atoms with E-state index >= 15 is 0 Å². The Morgan fingerprint density at radius 3 is 2.79 bits per heavy atom. The molecule has 0 aromatic carbocycles. The van der Waals surface area contributed by atoms with Gasteiger partial charge in [-0.3, -0.25) is 4.55 Å². The van der Waals surface area contributed by atoms with Crippen molar-refractivity contribution in [2.45, 2.75) is 19.3 Å². The van der Waals surface area contributed by atoms with Gasteiger partial charge in [0.1, 0.15) is 0 Å². The molecule has 5 heteroatoms. The van der Waals surface area contributed by atoms with Crippen LogP contribution in [0.1, 0.15) is 19.3 Å². The molecule has 0 radical (unpaired) electrons. The summed E-state index contributed by atoms with van der Waals surface area (Å²) in [6.07, 6.45) is 8.65. The van der Waals surface area contributed by atoms with E-state index in [1.54, 1.807) is 0 Å². The minimum absolute atomic E-state index is 0.184. The zero-order chi connectivity index (χ0) is 10.4. The van der Waals surface area contributed by atoms with Gasteiger partial charge >= 0.3 is 0 Å². The molecular weight excluding hydrogens is 202 g/mol. The van der Waals surface area contributed by atoms with E-state index in [1.807, 2.05) is 6.08 Å². The molecule has 1 rings (SSSR count). The molecule has 0 atom stereocenters. The van der Waals surface area contributed by atoms with E-state index in [1.165, 1.54) is 0 Å². The Balaban J connectivity index is 2.16. The van der Waals surface area contributed by atoms with Crippen LogP contribution in [0.15, 0.2) is 23.9 Å². The lowest BCUT2D eigenvalue weighted by Crippen LogP contribution is -2.17.